The number of rotatable bonds is 6. The van der Waals surface area contributed by atoms with Gasteiger partial charge in [-0.25, -0.2) is 0 Å². The number of benzene rings is 1. The van der Waals surface area contributed by atoms with Crippen LogP contribution in [0.4, 0.5) is 0 Å². The summed E-state index contributed by atoms with van der Waals surface area (Å²) in [6, 6.07) is 5.51. The average molecular weight is 302 g/mol. The van der Waals surface area contributed by atoms with Crippen molar-refractivity contribution in [2.45, 2.75) is 32.9 Å². The molecule has 96 valence electrons. The Labute approximate surface area is 111 Å². The summed E-state index contributed by atoms with van der Waals surface area (Å²) in [5, 5.41) is 12.7. The van der Waals surface area contributed by atoms with E-state index in [0.29, 0.717) is 0 Å². The van der Waals surface area contributed by atoms with Crippen LogP contribution in [0.25, 0.3) is 0 Å². The van der Waals surface area contributed by atoms with Crippen LogP contribution in [0.1, 0.15) is 26.3 Å². The molecule has 1 aromatic rings. The summed E-state index contributed by atoms with van der Waals surface area (Å²) in [5.74, 6) is 0.267. The first kappa shape index (κ1) is 14.5. The first-order chi connectivity index (χ1) is 7.94. The minimum Gasteiger partial charge on any atom is -0.507 e. The SMILES string of the molecule is CCOC(C)(C)CNCc1ccc(O)c(Br)c1. The van der Waals surface area contributed by atoms with Gasteiger partial charge < -0.3 is 15.2 Å². The molecule has 0 unspecified atom stereocenters. The van der Waals surface area contributed by atoms with Gasteiger partial charge in [0.2, 0.25) is 0 Å². The maximum absolute atomic E-state index is 9.38. The van der Waals surface area contributed by atoms with E-state index in [-0.39, 0.29) is 11.4 Å². The van der Waals surface area contributed by atoms with E-state index in [9.17, 15) is 5.11 Å². The van der Waals surface area contributed by atoms with Crippen LogP contribution in [0.5, 0.6) is 5.75 Å². The van der Waals surface area contributed by atoms with Crippen molar-refractivity contribution in [1.29, 1.82) is 0 Å². The Bertz CT molecular complexity index is 366. The van der Waals surface area contributed by atoms with Crippen LogP contribution in [0.15, 0.2) is 22.7 Å². The highest BCUT2D eigenvalue weighted by Gasteiger charge is 2.16. The first-order valence-electron chi connectivity index (χ1n) is 5.76. The summed E-state index contributed by atoms with van der Waals surface area (Å²) in [6.45, 7) is 8.40. The lowest BCUT2D eigenvalue weighted by atomic mass is 10.1. The fourth-order valence-electron chi connectivity index (χ4n) is 1.61. The van der Waals surface area contributed by atoms with Crippen LogP contribution in [0.2, 0.25) is 0 Å². The Morgan fingerprint density at radius 2 is 2.12 bits per heavy atom. The van der Waals surface area contributed by atoms with Crippen LogP contribution in [-0.4, -0.2) is 23.9 Å². The normalized spacial score (nSPS) is 11.8. The molecular formula is C13H20BrNO2. The first-order valence-corrected chi connectivity index (χ1v) is 6.56. The summed E-state index contributed by atoms with van der Waals surface area (Å²) in [4.78, 5) is 0. The Kier molecular flexibility index (Phi) is 5.43. The number of phenolic OH excluding ortho intramolecular Hbond substituents is 1. The van der Waals surface area contributed by atoms with Gasteiger partial charge in [-0.05, 0) is 54.4 Å². The van der Waals surface area contributed by atoms with E-state index in [2.05, 4.69) is 35.1 Å². The van der Waals surface area contributed by atoms with Crippen molar-refractivity contribution in [2.75, 3.05) is 13.2 Å². The molecule has 0 aromatic heterocycles. The van der Waals surface area contributed by atoms with Gasteiger partial charge in [0.25, 0.3) is 0 Å². The van der Waals surface area contributed by atoms with Crippen molar-refractivity contribution >= 4 is 15.9 Å². The summed E-state index contributed by atoms with van der Waals surface area (Å²) in [7, 11) is 0. The molecule has 0 bridgehead atoms. The van der Waals surface area contributed by atoms with Crippen LogP contribution in [0.3, 0.4) is 0 Å². The van der Waals surface area contributed by atoms with E-state index in [4.69, 9.17) is 4.74 Å². The highest BCUT2D eigenvalue weighted by Crippen LogP contribution is 2.24. The minimum atomic E-state index is -0.150. The standard InChI is InChI=1S/C13H20BrNO2/c1-4-17-13(2,3)9-15-8-10-5-6-12(16)11(14)7-10/h5-7,15-16H,4,8-9H2,1-3H3. The Hall–Kier alpha value is -0.580. The van der Waals surface area contributed by atoms with Gasteiger partial charge in [0.1, 0.15) is 5.75 Å². The molecule has 0 heterocycles. The minimum absolute atomic E-state index is 0.150. The molecule has 0 atom stereocenters. The number of halogens is 1. The highest BCUT2D eigenvalue weighted by molar-refractivity contribution is 9.10. The summed E-state index contributed by atoms with van der Waals surface area (Å²) in [6.07, 6.45) is 0. The van der Waals surface area contributed by atoms with Crippen molar-refractivity contribution in [1.82, 2.24) is 5.32 Å². The molecule has 17 heavy (non-hydrogen) atoms. The maximum atomic E-state index is 9.38. The zero-order valence-corrected chi connectivity index (χ0v) is 12.2. The third-order valence-electron chi connectivity index (χ3n) is 2.43. The fourth-order valence-corrected chi connectivity index (χ4v) is 2.04. The molecule has 3 nitrogen and oxygen atoms in total. The van der Waals surface area contributed by atoms with Crippen LogP contribution in [-0.2, 0) is 11.3 Å². The van der Waals surface area contributed by atoms with Crippen molar-refractivity contribution in [2.24, 2.45) is 0 Å². The molecule has 0 aliphatic carbocycles. The lowest BCUT2D eigenvalue weighted by Crippen LogP contribution is -2.37. The molecule has 0 amide bonds. The zero-order valence-electron chi connectivity index (χ0n) is 10.6. The molecule has 0 saturated carbocycles. The number of hydrogen-bond acceptors (Lipinski definition) is 3. The van der Waals surface area contributed by atoms with Gasteiger partial charge in [0, 0.05) is 19.7 Å². The van der Waals surface area contributed by atoms with Crippen LogP contribution in [0, 0.1) is 0 Å². The molecule has 2 N–H and O–H groups in total. The second-order valence-corrected chi connectivity index (χ2v) is 5.44. The quantitative estimate of drug-likeness (QED) is 0.848. The van der Waals surface area contributed by atoms with E-state index < -0.39 is 0 Å². The summed E-state index contributed by atoms with van der Waals surface area (Å²) < 4.78 is 6.32. The molecule has 0 aliphatic heterocycles. The molecule has 4 heteroatoms. The van der Waals surface area contributed by atoms with E-state index in [0.717, 1.165) is 29.7 Å². The molecule has 0 spiro atoms. The van der Waals surface area contributed by atoms with E-state index in [1.54, 1.807) is 6.07 Å². The van der Waals surface area contributed by atoms with Gasteiger partial charge in [-0.2, -0.15) is 0 Å². The number of hydrogen-bond donors (Lipinski definition) is 2. The molecule has 0 fully saturated rings. The molecule has 0 saturated heterocycles. The maximum Gasteiger partial charge on any atom is 0.129 e. The van der Waals surface area contributed by atoms with Crippen molar-refractivity contribution in [3.05, 3.63) is 28.2 Å². The Morgan fingerprint density at radius 1 is 1.41 bits per heavy atom. The lowest BCUT2D eigenvalue weighted by molar-refractivity contribution is -0.00897. The number of phenols is 1. The van der Waals surface area contributed by atoms with Gasteiger partial charge in [-0.3, -0.25) is 0 Å². The third kappa shape index (κ3) is 5.06. The summed E-state index contributed by atoms with van der Waals surface area (Å²) >= 11 is 3.30. The van der Waals surface area contributed by atoms with Gasteiger partial charge in [-0.15, -0.1) is 0 Å². The molecule has 0 radical (unpaired) electrons. The topological polar surface area (TPSA) is 41.5 Å². The molecular weight excluding hydrogens is 282 g/mol. The monoisotopic (exact) mass is 301 g/mol. The van der Waals surface area contributed by atoms with Crippen LogP contribution >= 0.6 is 15.9 Å². The second kappa shape index (κ2) is 6.38. The predicted octanol–water partition coefficient (Wildman–Crippen LogP) is 3.06. The van der Waals surface area contributed by atoms with Crippen LogP contribution < -0.4 is 5.32 Å². The highest BCUT2D eigenvalue weighted by atomic mass is 79.9. The van der Waals surface area contributed by atoms with Gasteiger partial charge in [-0.1, -0.05) is 6.07 Å². The average Bonchev–Trinajstić information content (AvgIpc) is 2.23. The fraction of sp³-hybridized carbons (Fsp3) is 0.538. The van der Waals surface area contributed by atoms with Crippen molar-refractivity contribution in [3.63, 3.8) is 0 Å². The molecule has 1 aromatic carbocycles. The number of nitrogens with one attached hydrogen (secondary N) is 1. The van der Waals surface area contributed by atoms with Crippen molar-refractivity contribution < 1.29 is 9.84 Å². The van der Waals surface area contributed by atoms with E-state index in [1.807, 2.05) is 19.1 Å². The largest absolute Gasteiger partial charge is 0.507 e. The Morgan fingerprint density at radius 3 is 2.71 bits per heavy atom. The van der Waals surface area contributed by atoms with Gasteiger partial charge >= 0.3 is 0 Å². The van der Waals surface area contributed by atoms with E-state index in [1.165, 1.54) is 0 Å². The second-order valence-electron chi connectivity index (χ2n) is 4.58. The van der Waals surface area contributed by atoms with E-state index >= 15 is 0 Å². The molecule has 0 aliphatic rings. The predicted molar refractivity (Wildman–Crippen MR) is 73.2 cm³/mol. The lowest BCUT2D eigenvalue weighted by Gasteiger charge is -2.25. The Balaban J connectivity index is 2.43. The van der Waals surface area contributed by atoms with Gasteiger partial charge in [0.05, 0.1) is 10.1 Å². The number of aromatic hydroxyl groups is 1. The number of ether oxygens (including phenoxy) is 1. The smallest absolute Gasteiger partial charge is 0.129 e. The van der Waals surface area contributed by atoms with Crippen molar-refractivity contribution in [3.8, 4) is 5.75 Å². The molecule has 1 rings (SSSR count). The third-order valence-corrected chi connectivity index (χ3v) is 3.06. The summed E-state index contributed by atoms with van der Waals surface area (Å²) in [5.41, 5.74) is 0.977. The van der Waals surface area contributed by atoms with Gasteiger partial charge in [0.15, 0.2) is 0 Å². The zero-order chi connectivity index (χ0) is 12.9.